The van der Waals surface area contributed by atoms with Crippen molar-refractivity contribution in [3.05, 3.63) is 0 Å². The molecule has 1 aliphatic rings. The summed E-state index contributed by atoms with van der Waals surface area (Å²) in [5.41, 5.74) is 0. The summed E-state index contributed by atoms with van der Waals surface area (Å²) < 4.78 is 6.67. The zero-order valence-electron chi connectivity index (χ0n) is 4.38. The Morgan fingerprint density at radius 2 is 2.57 bits per heavy atom. The van der Waals surface area contributed by atoms with Crippen LogP contribution in [0, 0.1) is 0 Å². The second-order valence-electron chi connectivity index (χ2n) is 1.51. The Balaban J connectivity index is 2.40. The molecule has 0 nitrogen and oxygen atoms in total. The van der Waals surface area contributed by atoms with E-state index in [1.54, 1.807) is 13.3 Å². The standard InChI is InChI=1S/C5H9I2/c1-5-4-6-2-3-7-5/h2-4H2,1H3/q-1. The molecule has 0 fully saturated rings. The van der Waals surface area contributed by atoms with Crippen molar-refractivity contribution in [2.75, 3.05) is 13.3 Å². The molecule has 0 saturated carbocycles. The molecule has 0 unspecified atom stereocenters. The topological polar surface area (TPSA) is 0 Å². The van der Waals surface area contributed by atoms with Gasteiger partial charge in [0.25, 0.3) is 0 Å². The molecule has 44 valence electrons. The molecular weight excluding hydrogens is 314 g/mol. The van der Waals surface area contributed by atoms with Crippen LogP contribution in [0.2, 0.25) is 0 Å². The quantitative estimate of drug-likeness (QED) is 0.367. The molecule has 0 saturated heterocycles. The Morgan fingerprint density at radius 3 is 2.86 bits per heavy atom. The van der Waals surface area contributed by atoms with Crippen molar-refractivity contribution in [3.63, 3.8) is 0 Å². The van der Waals surface area contributed by atoms with Crippen molar-refractivity contribution in [3.8, 4) is 0 Å². The Labute approximate surface area is 65.1 Å². The van der Waals surface area contributed by atoms with E-state index in [0.29, 0.717) is 41.9 Å². The molecule has 0 amide bonds. The fraction of sp³-hybridized carbons (Fsp3) is 0.800. The van der Waals surface area contributed by atoms with Crippen molar-refractivity contribution in [2.45, 2.75) is 6.92 Å². The molecule has 7 heavy (non-hydrogen) atoms. The van der Waals surface area contributed by atoms with E-state index in [1.807, 2.05) is 3.51 Å². The summed E-state index contributed by atoms with van der Waals surface area (Å²) in [6.45, 7) is 2.35. The van der Waals surface area contributed by atoms with Gasteiger partial charge in [-0.15, -0.1) is 0 Å². The number of hydrogen-bond acceptors (Lipinski definition) is 0. The summed E-state index contributed by atoms with van der Waals surface area (Å²) in [5.74, 6) is 0. The fourth-order valence-electron chi connectivity index (χ4n) is 0.480. The zero-order valence-corrected chi connectivity index (χ0v) is 8.69. The first-order valence-corrected chi connectivity index (χ1v) is 8.00. The SMILES string of the molecule is CC1=ICC[I-]C1. The summed E-state index contributed by atoms with van der Waals surface area (Å²) >= 11 is 1.26. The van der Waals surface area contributed by atoms with Crippen LogP contribution in [0.3, 0.4) is 0 Å². The first-order valence-electron chi connectivity index (χ1n) is 2.34. The van der Waals surface area contributed by atoms with E-state index in [2.05, 4.69) is 6.92 Å². The molecule has 1 aliphatic heterocycles. The van der Waals surface area contributed by atoms with Crippen LogP contribution in [0.4, 0.5) is 0 Å². The molecule has 0 aromatic heterocycles. The van der Waals surface area contributed by atoms with Crippen molar-refractivity contribution < 1.29 is 21.2 Å². The van der Waals surface area contributed by atoms with Crippen LogP contribution in [0.1, 0.15) is 6.92 Å². The third-order valence-electron chi connectivity index (χ3n) is 0.806. The van der Waals surface area contributed by atoms with E-state index >= 15 is 0 Å². The van der Waals surface area contributed by atoms with Gasteiger partial charge in [-0.05, 0) is 0 Å². The molecule has 0 aliphatic carbocycles. The summed E-state index contributed by atoms with van der Waals surface area (Å²) in [7, 11) is 0. The van der Waals surface area contributed by atoms with E-state index in [1.165, 1.54) is 0 Å². The van der Waals surface area contributed by atoms with Gasteiger partial charge in [-0.2, -0.15) is 0 Å². The minimum absolute atomic E-state index is 0.596. The van der Waals surface area contributed by atoms with Gasteiger partial charge in [-0.1, -0.05) is 0 Å². The van der Waals surface area contributed by atoms with Crippen molar-refractivity contribution in [2.24, 2.45) is 0 Å². The van der Waals surface area contributed by atoms with Crippen LogP contribution in [-0.4, -0.2) is 16.8 Å². The molecule has 0 spiro atoms. The maximum atomic E-state index is 2.35. The van der Waals surface area contributed by atoms with Crippen molar-refractivity contribution >= 4 is 24.2 Å². The van der Waals surface area contributed by atoms with Gasteiger partial charge in [0.2, 0.25) is 0 Å². The van der Waals surface area contributed by atoms with Gasteiger partial charge < -0.3 is 0 Å². The van der Waals surface area contributed by atoms with Crippen LogP contribution >= 0.6 is 20.7 Å². The summed E-state index contributed by atoms with van der Waals surface area (Å²) in [5, 5.41) is 0. The van der Waals surface area contributed by atoms with Crippen molar-refractivity contribution in [1.29, 1.82) is 0 Å². The Hall–Kier alpha value is 1.33. The van der Waals surface area contributed by atoms with Gasteiger partial charge in [0.1, 0.15) is 0 Å². The summed E-state index contributed by atoms with van der Waals surface area (Å²) in [6, 6.07) is 0. The van der Waals surface area contributed by atoms with Crippen LogP contribution in [-0.2, 0) is 0 Å². The molecule has 0 bridgehead atoms. The second-order valence-corrected chi connectivity index (χ2v) is 8.11. The second kappa shape index (κ2) is 3.37. The molecule has 0 atom stereocenters. The molecule has 0 radical (unpaired) electrons. The molecule has 1 heterocycles. The number of hydrogen-bond donors (Lipinski definition) is 0. The Bertz CT molecular complexity index is 86.1. The number of halogens is 2. The van der Waals surface area contributed by atoms with Gasteiger partial charge in [0, 0.05) is 0 Å². The van der Waals surface area contributed by atoms with Crippen molar-refractivity contribution in [1.82, 2.24) is 0 Å². The molecule has 0 aromatic carbocycles. The third-order valence-corrected chi connectivity index (χ3v) is 10.1. The third kappa shape index (κ3) is 2.39. The van der Waals surface area contributed by atoms with E-state index in [9.17, 15) is 0 Å². The van der Waals surface area contributed by atoms with Crippen LogP contribution in [0.15, 0.2) is 0 Å². The normalized spacial score (nSPS) is 23.9. The van der Waals surface area contributed by atoms with Gasteiger partial charge >= 0.3 is 65.7 Å². The molecule has 0 N–H and O–H groups in total. The minimum atomic E-state index is 0.596. The van der Waals surface area contributed by atoms with Gasteiger partial charge in [-0.3, -0.25) is 0 Å². The predicted octanol–water partition coefficient (Wildman–Crippen LogP) is -1.75. The Morgan fingerprint density at radius 1 is 1.71 bits per heavy atom. The van der Waals surface area contributed by atoms with Gasteiger partial charge in [-0.25, -0.2) is 0 Å². The first kappa shape index (κ1) is 6.45. The molecular formula is C5H9I2-. The van der Waals surface area contributed by atoms with Gasteiger partial charge in [0.05, 0.1) is 0 Å². The average Bonchev–Trinajstić information content (AvgIpc) is 1.69. The monoisotopic (exact) mass is 323 g/mol. The van der Waals surface area contributed by atoms with Crippen LogP contribution < -0.4 is 21.2 Å². The predicted molar refractivity (Wildman–Crippen MR) is 39.3 cm³/mol. The number of alkyl halides is 3. The summed E-state index contributed by atoms with van der Waals surface area (Å²) in [4.78, 5) is 0. The van der Waals surface area contributed by atoms with Crippen LogP contribution in [0.25, 0.3) is 0 Å². The first-order chi connectivity index (χ1) is 3.39. The number of rotatable bonds is 0. The Kier molecular flexibility index (Phi) is 3.11. The maximum absolute atomic E-state index is 2.35. The molecule has 1 rings (SSSR count). The summed E-state index contributed by atoms with van der Waals surface area (Å²) in [6.07, 6.45) is 0. The molecule has 2 heteroatoms. The van der Waals surface area contributed by atoms with E-state index < -0.39 is 0 Å². The van der Waals surface area contributed by atoms with E-state index in [0.717, 1.165) is 0 Å². The van der Waals surface area contributed by atoms with E-state index in [4.69, 9.17) is 0 Å². The fourth-order valence-corrected chi connectivity index (χ4v) is 9.26. The average molecular weight is 323 g/mol. The van der Waals surface area contributed by atoms with Gasteiger partial charge in [0.15, 0.2) is 0 Å². The van der Waals surface area contributed by atoms with Crippen LogP contribution in [0.5, 0.6) is 0 Å². The molecule has 0 aromatic rings. The zero-order chi connectivity index (χ0) is 5.11. The van der Waals surface area contributed by atoms with E-state index in [-0.39, 0.29) is 0 Å².